The van der Waals surface area contributed by atoms with Crippen molar-refractivity contribution >= 4 is 23.3 Å². The minimum absolute atomic E-state index is 0.0318. The number of carbonyl (C=O) groups is 2. The molecule has 1 aromatic carbocycles. The second-order valence-corrected chi connectivity index (χ2v) is 7.20. The third kappa shape index (κ3) is 4.38. The number of hydrogen-bond acceptors (Lipinski definition) is 6. The smallest absolute Gasteiger partial charge is 0.322 e. The van der Waals surface area contributed by atoms with E-state index in [-0.39, 0.29) is 18.2 Å². The Morgan fingerprint density at radius 1 is 1.13 bits per heavy atom. The number of morpholine rings is 1. The number of Topliss-reactive ketones (excluding diaryl/α,β-unsaturated/α-hetero) is 1. The van der Waals surface area contributed by atoms with Gasteiger partial charge in [0.2, 0.25) is 0 Å². The molecular weight excluding hydrogens is 384 g/mol. The van der Waals surface area contributed by atoms with Gasteiger partial charge in [-0.2, -0.15) is 0 Å². The quantitative estimate of drug-likeness (QED) is 0.816. The summed E-state index contributed by atoms with van der Waals surface area (Å²) in [6.07, 6.45) is 0.267. The first-order chi connectivity index (χ1) is 14.7. The molecule has 1 saturated heterocycles. The first kappa shape index (κ1) is 20.2. The molecule has 30 heavy (non-hydrogen) atoms. The number of carbonyl (C=O) groups excluding carboxylic acids is 2. The number of pyridine rings is 1. The van der Waals surface area contributed by atoms with Crippen LogP contribution in [0, 0.1) is 0 Å². The Balaban J connectivity index is 1.45. The van der Waals surface area contributed by atoms with E-state index in [9.17, 15) is 9.59 Å². The highest BCUT2D eigenvalue weighted by Gasteiger charge is 2.29. The molecular formula is C22H26N4O4. The summed E-state index contributed by atoms with van der Waals surface area (Å²) in [5.41, 5.74) is 1.90. The van der Waals surface area contributed by atoms with Crippen molar-refractivity contribution in [3.8, 4) is 5.75 Å². The maximum absolute atomic E-state index is 12.8. The van der Waals surface area contributed by atoms with Crippen molar-refractivity contribution in [1.29, 1.82) is 0 Å². The molecule has 0 bridgehead atoms. The zero-order valence-electron chi connectivity index (χ0n) is 17.1. The zero-order valence-corrected chi connectivity index (χ0v) is 17.1. The number of anilines is 2. The van der Waals surface area contributed by atoms with Crippen molar-refractivity contribution in [1.82, 2.24) is 10.3 Å². The summed E-state index contributed by atoms with van der Waals surface area (Å²) in [6, 6.07) is 11.1. The number of benzene rings is 1. The number of hydrogen-bond donors (Lipinski definition) is 1. The molecule has 0 spiro atoms. The molecule has 8 heteroatoms. The Morgan fingerprint density at radius 3 is 2.63 bits per heavy atom. The fourth-order valence-electron chi connectivity index (χ4n) is 3.64. The number of nitrogens with zero attached hydrogens (tertiary/aromatic N) is 3. The second-order valence-electron chi connectivity index (χ2n) is 7.20. The molecule has 1 aromatic heterocycles. The van der Waals surface area contributed by atoms with Gasteiger partial charge in [-0.1, -0.05) is 12.1 Å². The molecule has 2 aliphatic heterocycles. The van der Waals surface area contributed by atoms with Gasteiger partial charge in [-0.3, -0.25) is 9.69 Å². The standard InChI is InChI=1S/C22H26N4O4/c1-2-30-17-5-3-16(4-6-17)15-23-22(28)26-10-9-19(27)21-18(26)7-8-20(24-21)25-11-13-29-14-12-25/h3-8H,2,9-15H2,1H3,(H,23,28). The fraction of sp³-hybridized carbons (Fsp3) is 0.409. The molecule has 0 saturated carbocycles. The summed E-state index contributed by atoms with van der Waals surface area (Å²) < 4.78 is 10.8. The van der Waals surface area contributed by atoms with Gasteiger partial charge in [0.15, 0.2) is 5.78 Å². The van der Waals surface area contributed by atoms with Crippen LogP contribution in [-0.2, 0) is 11.3 Å². The van der Waals surface area contributed by atoms with Crippen LogP contribution in [0.3, 0.4) is 0 Å². The summed E-state index contributed by atoms with van der Waals surface area (Å²) in [7, 11) is 0. The van der Waals surface area contributed by atoms with E-state index in [0.717, 1.165) is 30.2 Å². The Bertz CT molecular complexity index is 910. The molecule has 2 amide bonds. The topological polar surface area (TPSA) is 84.0 Å². The van der Waals surface area contributed by atoms with Crippen LogP contribution in [0.4, 0.5) is 16.3 Å². The third-order valence-corrected chi connectivity index (χ3v) is 5.23. The van der Waals surface area contributed by atoms with E-state index in [2.05, 4.69) is 15.2 Å². The second kappa shape index (κ2) is 9.13. The highest BCUT2D eigenvalue weighted by molar-refractivity contribution is 6.07. The van der Waals surface area contributed by atoms with E-state index in [1.807, 2.05) is 43.3 Å². The van der Waals surface area contributed by atoms with Gasteiger partial charge in [0.1, 0.15) is 17.3 Å². The third-order valence-electron chi connectivity index (χ3n) is 5.23. The number of urea groups is 1. The van der Waals surface area contributed by atoms with E-state index in [1.165, 1.54) is 0 Å². The normalized spacial score (nSPS) is 16.2. The van der Waals surface area contributed by atoms with Gasteiger partial charge in [0.05, 0.1) is 25.5 Å². The molecule has 0 atom stereocenters. The summed E-state index contributed by atoms with van der Waals surface area (Å²) in [4.78, 5) is 33.6. The van der Waals surface area contributed by atoms with Gasteiger partial charge in [0.25, 0.3) is 0 Å². The molecule has 2 aliphatic rings. The highest BCUT2D eigenvalue weighted by Crippen LogP contribution is 2.28. The molecule has 3 heterocycles. The Labute approximate surface area is 175 Å². The van der Waals surface area contributed by atoms with Crippen LogP contribution < -0.4 is 19.9 Å². The minimum Gasteiger partial charge on any atom is -0.494 e. The minimum atomic E-state index is -0.237. The first-order valence-electron chi connectivity index (χ1n) is 10.3. The molecule has 8 nitrogen and oxygen atoms in total. The van der Waals surface area contributed by atoms with Crippen molar-refractivity contribution in [2.75, 3.05) is 49.3 Å². The Kier molecular flexibility index (Phi) is 6.13. The number of fused-ring (bicyclic) bond motifs is 1. The van der Waals surface area contributed by atoms with E-state index < -0.39 is 0 Å². The van der Waals surface area contributed by atoms with Crippen LogP contribution in [0.25, 0.3) is 0 Å². The molecule has 4 rings (SSSR count). The molecule has 0 unspecified atom stereocenters. The Hall–Kier alpha value is -3.13. The lowest BCUT2D eigenvalue weighted by Gasteiger charge is -2.31. The lowest BCUT2D eigenvalue weighted by molar-refractivity contribution is 0.0976. The summed E-state index contributed by atoms with van der Waals surface area (Å²) in [5.74, 6) is 1.52. The monoisotopic (exact) mass is 410 g/mol. The molecule has 2 aromatic rings. The lowest BCUT2D eigenvalue weighted by atomic mass is 10.1. The summed E-state index contributed by atoms with van der Waals surface area (Å²) >= 11 is 0. The van der Waals surface area contributed by atoms with E-state index in [0.29, 0.717) is 44.3 Å². The molecule has 1 N–H and O–H groups in total. The number of ketones is 1. The number of aromatic nitrogens is 1. The van der Waals surface area contributed by atoms with Crippen molar-refractivity contribution in [2.24, 2.45) is 0 Å². The summed E-state index contributed by atoms with van der Waals surface area (Å²) in [5, 5.41) is 2.93. The van der Waals surface area contributed by atoms with Crippen LogP contribution in [0.2, 0.25) is 0 Å². The SMILES string of the molecule is CCOc1ccc(CNC(=O)N2CCC(=O)c3nc(N4CCOCC4)ccc32)cc1. The molecule has 1 fully saturated rings. The average molecular weight is 410 g/mol. The van der Waals surface area contributed by atoms with Gasteiger partial charge in [-0.25, -0.2) is 9.78 Å². The van der Waals surface area contributed by atoms with Gasteiger partial charge >= 0.3 is 6.03 Å². The number of nitrogens with one attached hydrogen (secondary N) is 1. The van der Waals surface area contributed by atoms with Crippen LogP contribution in [0.15, 0.2) is 36.4 Å². The van der Waals surface area contributed by atoms with Gasteiger partial charge in [0, 0.05) is 32.6 Å². The summed E-state index contributed by atoms with van der Waals surface area (Å²) in [6.45, 7) is 6.07. The lowest BCUT2D eigenvalue weighted by Crippen LogP contribution is -2.44. The van der Waals surface area contributed by atoms with Gasteiger partial charge < -0.3 is 19.7 Å². The molecule has 158 valence electrons. The number of amides is 2. The van der Waals surface area contributed by atoms with E-state index >= 15 is 0 Å². The maximum Gasteiger partial charge on any atom is 0.322 e. The van der Waals surface area contributed by atoms with Crippen LogP contribution in [0.1, 0.15) is 29.4 Å². The van der Waals surface area contributed by atoms with Gasteiger partial charge in [-0.15, -0.1) is 0 Å². The van der Waals surface area contributed by atoms with Gasteiger partial charge in [-0.05, 0) is 36.8 Å². The van der Waals surface area contributed by atoms with Crippen molar-refractivity contribution in [3.05, 3.63) is 47.7 Å². The van der Waals surface area contributed by atoms with Crippen molar-refractivity contribution < 1.29 is 19.1 Å². The molecule has 0 radical (unpaired) electrons. The van der Waals surface area contributed by atoms with E-state index in [4.69, 9.17) is 9.47 Å². The largest absolute Gasteiger partial charge is 0.494 e. The van der Waals surface area contributed by atoms with Crippen LogP contribution >= 0.6 is 0 Å². The fourth-order valence-corrected chi connectivity index (χ4v) is 3.64. The maximum atomic E-state index is 12.8. The predicted octanol–water partition coefficient (Wildman–Crippen LogP) is 2.62. The van der Waals surface area contributed by atoms with E-state index in [1.54, 1.807) is 4.90 Å². The zero-order chi connectivity index (χ0) is 20.9. The molecule has 0 aliphatic carbocycles. The van der Waals surface area contributed by atoms with Crippen molar-refractivity contribution in [3.63, 3.8) is 0 Å². The van der Waals surface area contributed by atoms with Crippen LogP contribution in [0.5, 0.6) is 5.75 Å². The highest BCUT2D eigenvalue weighted by atomic mass is 16.5. The number of rotatable bonds is 5. The predicted molar refractivity (Wildman–Crippen MR) is 113 cm³/mol. The first-order valence-corrected chi connectivity index (χ1v) is 10.3. The van der Waals surface area contributed by atoms with Crippen LogP contribution in [-0.4, -0.2) is 56.3 Å². The van der Waals surface area contributed by atoms with Crippen molar-refractivity contribution in [2.45, 2.75) is 19.9 Å². The average Bonchev–Trinajstić information content (AvgIpc) is 2.79. The Morgan fingerprint density at radius 2 is 1.90 bits per heavy atom. The number of ether oxygens (including phenoxy) is 2.